The number of rotatable bonds is 2. The maximum Gasteiger partial charge on any atom is 0.392 e. The third kappa shape index (κ3) is 3.56. The first-order chi connectivity index (χ1) is 8.89. The number of halogens is 4. The summed E-state index contributed by atoms with van der Waals surface area (Å²) in [6.45, 7) is 0. The van der Waals surface area contributed by atoms with Gasteiger partial charge in [-0.25, -0.2) is 0 Å². The summed E-state index contributed by atoms with van der Waals surface area (Å²) in [5.74, 6) is -2.88. The quantitative estimate of drug-likeness (QED) is 0.775. The van der Waals surface area contributed by atoms with E-state index in [-0.39, 0.29) is 17.8 Å². The molecule has 0 aromatic heterocycles. The van der Waals surface area contributed by atoms with Crippen molar-refractivity contribution in [1.82, 2.24) is 5.32 Å². The van der Waals surface area contributed by atoms with Crippen LogP contribution in [0, 0.1) is 11.8 Å². The molecule has 0 radical (unpaired) electrons. The smallest absolute Gasteiger partial charge is 0.352 e. The van der Waals surface area contributed by atoms with Crippen molar-refractivity contribution in [3.8, 4) is 0 Å². The monoisotopic (exact) mass is 297 g/mol. The summed E-state index contributed by atoms with van der Waals surface area (Å²) >= 11 is 6.05. The highest BCUT2D eigenvalue weighted by atomic mass is 35.5. The molecule has 0 saturated heterocycles. The Morgan fingerprint density at radius 3 is 2.32 bits per heavy atom. The highest BCUT2D eigenvalue weighted by Gasteiger charge is 2.48. The zero-order chi connectivity index (χ0) is 14.0. The summed E-state index contributed by atoms with van der Waals surface area (Å²) in [4.78, 5) is 12.1. The molecule has 4 atom stereocenters. The Morgan fingerprint density at radius 1 is 1.05 bits per heavy atom. The van der Waals surface area contributed by atoms with Crippen molar-refractivity contribution >= 4 is 17.5 Å². The average molecular weight is 298 g/mol. The summed E-state index contributed by atoms with van der Waals surface area (Å²) < 4.78 is 38.8. The van der Waals surface area contributed by atoms with Gasteiger partial charge in [0, 0.05) is 12.0 Å². The lowest BCUT2D eigenvalue weighted by atomic mass is 9.78. The minimum atomic E-state index is -4.28. The highest BCUT2D eigenvalue weighted by Crippen LogP contribution is 2.41. The summed E-state index contributed by atoms with van der Waals surface area (Å²) in [6, 6.07) is -0.162. The fourth-order valence-corrected chi connectivity index (χ4v) is 3.55. The molecule has 0 aliphatic heterocycles. The maximum atomic E-state index is 12.9. The number of alkyl halides is 4. The molecule has 1 amide bonds. The van der Waals surface area contributed by atoms with Crippen molar-refractivity contribution in [3.63, 3.8) is 0 Å². The molecule has 0 aromatic rings. The summed E-state index contributed by atoms with van der Waals surface area (Å²) in [5, 5.41) is 2.59. The lowest BCUT2D eigenvalue weighted by Gasteiger charge is -2.33. The van der Waals surface area contributed by atoms with Gasteiger partial charge in [0.1, 0.15) is 0 Å². The van der Waals surface area contributed by atoms with Crippen molar-refractivity contribution in [2.24, 2.45) is 11.8 Å². The Balaban J connectivity index is 1.99. The Labute approximate surface area is 116 Å². The van der Waals surface area contributed by atoms with E-state index >= 15 is 0 Å². The Bertz CT molecular complexity index is 334. The number of carbonyl (C=O) groups is 1. The lowest BCUT2D eigenvalue weighted by Crippen LogP contribution is -2.47. The van der Waals surface area contributed by atoms with Gasteiger partial charge in [0.15, 0.2) is 0 Å². The van der Waals surface area contributed by atoms with Gasteiger partial charge < -0.3 is 5.32 Å². The molecular formula is C13H19ClF3NO. The summed E-state index contributed by atoms with van der Waals surface area (Å²) in [6.07, 6.45) is -0.129. The zero-order valence-corrected chi connectivity index (χ0v) is 11.4. The van der Waals surface area contributed by atoms with E-state index in [1.54, 1.807) is 0 Å². The van der Waals surface area contributed by atoms with Crippen molar-refractivity contribution in [3.05, 3.63) is 0 Å². The minimum Gasteiger partial charge on any atom is -0.352 e. The molecule has 0 spiro atoms. The van der Waals surface area contributed by atoms with Crippen LogP contribution < -0.4 is 5.32 Å². The number of hydrogen-bond donors (Lipinski definition) is 1. The summed E-state index contributed by atoms with van der Waals surface area (Å²) in [7, 11) is 0. The standard InChI is InChI=1S/C13H19ClF3NO/c14-10-6-3-7-11(10)18-12(19)8-4-1-2-5-9(8)13(15,16)17/h8-11H,1-7H2,(H,18,19). The molecule has 0 heterocycles. The second-order valence-corrected chi connectivity index (χ2v) is 6.16. The van der Waals surface area contributed by atoms with Gasteiger partial charge in [0.25, 0.3) is 0 Å². The lowest BCUT2D eigenvalue weighted by molar-refractivity contribution is -0.198. The average Bonchev–Trinajstić information content (AvgIpc) is 2.74. The van der Waals surface area contributed by atoms with Crippen LogP contribution in [0.2, 0.25) is 0 Å². The first-order valence-corrected chi connectivity index (χ1v) is 7.34. The third-order valence-electron chi connectivity index (χ3n) is 4.28. The molecule has 19 heavy (non-hydrogen) atoms. The molecule has 2 aliphatic rings. The van der Waals surface area contributed by atoms with Crippen molar-refractivity contribution in [2.75, 3.05) is 0 Å². The van der Waals surface area contributed by atoms with E-state index < -0.39 is 23.9 Å². The van der Waals surface area contributed by atoms with Gasteiger partial charge in [-0.2, -0.15) is 13.2 Å². The normalized spacial score (nSPS) is 36.2. The van der Waals surface area contributed by atoms with Crippen LogP contribution >= 0.6 is 11.6 Å². The number of carbonyl (C=O) groups excluding carboxylic acids is 1. The van der Waals surface area contributed by atoms with Gasteiger partial charge >= 0.3 is 6.18 Å². The SMILES string of the molecule is O=C(NC1CCCC1Cl)C1CCCCC1C(F)(F)F. The highest BCUT2D eigenvalue weighted by molar-refractivity contribution is 6.21. The van der Waals surface area contributed by atoms with E-state index in [2.05, 4.69) is 5.32 Å². The van der Waals surface area contributed by atoms with Crippen LogP contribution in [-0.4, -0.2) is 23.5 Å². The van der Waals surface area contributed by atoms with Crippen LogP contribution in [0.3, 0.4) is 0 Å². The third-order valence-corrected chi connectivity index (χ3v) is 4.80. The Morgan fingerprint density at radius 2 is 1.74 bits per heavy atom. The van der Waals surface area contributed by atoms with Gasteiger partial charge in [0.05, 0.1) is 11.3 Å². The molecule has 2 saturated carbocycles. The van der Waals surface area contributed by atoms with E-state index in [1.165, 1.54) is 0 Å². The van der Waals surface area contributed by atoms with E-state index in [4.69, 9.17) is 11.6 Å². The second kappa shape index (κ2) is 5.90. The zero-order valence-electron chi connectivity index (χ0n) is 10.7. The first-order valence-electron chi connectivity index (χ1n) is 6.90. The van der Waals surface area contributed by atoms with Gasteiger partial charge in [-0.1, -0.05) is 12.8 Å². The van der Waals surface area contributed by atoms with Gasteiger partial charge in [-0.3, -0.25) is 4.79 Å². The molecule has 0 bridgehead atoms. The number of hydrogen-bond acceptors (Lipinski definition) is 1. The van der Waals surface area contributed by atoms with Crippen LogP contribution in [0.1, 0.15) is 44.9 Å². The maximum absolute atomic E-state index is 12.9. The fourth-order valence-electron chi connectivity index (χ4n) is 3.20. The van der Waals surface area contributed by atoms with E-state index in [0.717, 1.165) is 19.3 Å². The molecule has 1 N–H and O–H groups in total. The van der Waals surface area contributed by atoms with Gasteiger partial charge in [0.2, 0.25) is 5.91 Å². The van der Waals surface area contributed by atoms with E-state index in [0.29, 0.717) is 19.3 Å². The Hall–Kier alpha value is -0.450. The predicted octanol–water partition coefficient (Wildman–Crippen LogP) is 3.63. The van der Waals surface area contributed by atoms with Gasteiger partial charge in [-0.05, 0) is 32.1 Å². The number of amides is 1. The minimum absolute atomic E-state index is 0.0660. The molecule has 0 aromatic carbocycles. The van der Waals surface area contributed by atoms with E-state index in [9.17, 15) is 18.0 Å². The molecule has 2 rings (SSSR count). The molecule has 2 fully saturated rings. The van der Waals surface area contributed by atoms with Crippen LogP contribution in [-0.2, 0) is 4.79 Å². The van der Waals surface area contributed by atoms with Gasteiger partial charge in [-0.15, -0.1) is 11.6 Å². The molecule has 2 aliphatic carbocycles. The van der Waals surface area contributed by atoms with Crippen LogP contribution in [0.25, 0.3) is 0 Å². The van der Waals surface area contributed by atoms with Crippen molar-refractivity contribution < 1.29 is 18.0 Å². The number of nitrogens with one attached hydrogen (secondary N) is 1. The molecular weight excluding hydrogens is 279 g/mol. The predicted molar refractivity (Wildman–Crippen MR) is 66.9 cm³/mol. The van der Waals surface area contributed by atoms with Crippen LogP contribution in [0.5, 0.6) is 0 Å². The molecule has 110 valence electrons. The second-order valence-electron chi connectivity index (χ2n) is 5.60. The largest absolute Gasteiger partial charge is 0.392 e. The Kier molecular flexibility index (Phi) is 4.64. The molecule has 2 nitrogen and oxygen atoms in total. The molecule has 4 unspecified atom stereocenters. The van der Waals surface area contributed by atoms with E-state index in [1.807, 2.05) is 0 Å². The topological polar surface area (TPSA) is 29.1 Å². The fraction of sp³-hybridized carbons (Fsp3) is 0.923. The van der Waals surface area contributed by atoms with Crippen molar-refractivity contribution in [2.45, 2.75) is 62.5 Å². The van der Waals surface area contributed by atoms with Crippen LogP contribution in [0.4, 0.5) is 13.2 Å². The van der Waals surface area contributed by atoms with Crippen LogP contribution in [0.15, 0.2) is 0 Å². The van der Waals surface area contributed by atoms with Crippen molar-refractivity contribution in [1.29, 1.82) is 0 Å². The summed E-state index contributed by atoms with van der Waals surface area (Å²) in [5.41, 5.74) is 0. The molecule has 6 heteroatoms. The first kappa shape index (κ1) is 14.9.